The molecule has 0 spiro atoms. The molecule has 0 atom stereocenters. The highest BCUT2D eigenvalue weighted by atomic mass is 35.5. The molecular weight excluding hydrogens is 632 g/mol. The molecule has 0 saturated carbocycles. The van der Waals surface area contributed by atoms with E-state index in [1.165, 1.54) is 6.07 Å². The Hall–Kier alpha value is -4.60. The predicted molar refractivity (Wildman–Crippen MR) is 179 cm³/mol. The lowest BCUT2D eigenvalue weighted by Gasteiger charge is -2.26. The second kappa shape index (κ2) is 14.2. The van der Waals surface area contributed by atoms with Gasteiger partial charge < -0.3 is 45.6 Å². The Morgan fingerprint density at radius 1 is 0.804 bits per heavy atom. The summed E-state index contributed by atoms with van der Waals surface area (Å²) in [5, 5.41) is 12.3. The molecule has 0 aliphatic carbocycles. The smallest absolute Gasteiger partial charge is 0.277 e. The van der Waals surface area contributed by atoms with E-state index >= 15 is 0 Å². The summed E-state index contributed by atoms with van der Waals surface area (Å²) in [6, 6.07) is 4.77. The van der Waals surface area contributed by atoms with Crippen LogP contribution in [0.2, 0.25) is 5.02 Å². The number of carbonyl (C=O) groups is 4. The van der Waals surface area contributed by atoms with Crippen LogP contribution < -0.4 is 27.0 Å². The van der Waals surface area contributed by atoms with Crippen molar-refractivity contribution in [2.24, 2.45) is 26.9 Å². The molecule has 46 heavy (non-hydrogen) atoms. The van der Waals surface area contributed by atoms with Crippen molar-refractivity contribution < 1.29 is 19.2 Å². The zero-order valence-electron chi connectivity index (χ0n) is 25.9. The van der Waals surface area contributed by atoms with Crippen LogP contribution >= 0.6 is 23.1 Å². The molecule has 4 aromatic heterocycles. The third-order valence-corrected chi connectivity index (χ3v) is 8.92. The third-order valence-electron chi connectivity index (χ3n) is 7.63. The first-order chi connectivity index (χ1) is 22.0. The van der Waals surface area contributed by atoms with Gasteiger partial charge in [-0.25, -0.2) is 0 Å². The lowest BCUT2D eigenvalue weighted by atomic mass is 10.1. The molecule has 4 aromatic rings. The monoisotopic (exact) mass is 668 g/mol. The maximum absolute atomic E-state index is 13.2. The van der Waals surface area contributed by atoms with E-state index in [9.17, 15) is 19.2 Å². The van der Waals surface area contributed by atoms with E-state index in [0.717, 1.165) is 50.3 Å². The Kier molecular flexibility index (Phi) is 10.1. The number of carbonyl (C=O) groups excluding carboxylic acids is 4. The van der Waals surface area contributed by atoms with Crippen LogP contribution in [-0.4, -0.2) is 72.8 Å². The first-order valence-electron chi connectivity index (χ1n) is 14.9. The van der Waals surface area contributed by atoms with E-state index in [2.05, 4.69) is 25.6 Å². The maximum atomic E-state index is 13.2. The summed E-state index contributed by atoms with van der Waals surface area (Å²) >= 11 is 7.43. The van der Waals surface area contributed by atoms with Crippen LogP contribution in [0.5, 0.6) is 0 Å². The van der Waals surface area contributed by atoms with Crippen LogP contribution in [0.25, 0.3) is 0 Å². The minimum Gasteiger partial charge on any atom is -0.374 e. The molecule has 4 amide bonds. The Balaban J connectivity index is 1.20. The highest BCUT2D eigenvalue weighted by Gasteiger charge is 2.23. The van der Waals surface area contributed by atoms with Gasteiger partial charge in [-0.2, -0.15) is 4.37 Å². The zero-order chi connectivity index (χ0) is 33.0. The molecule has 16 heteroatoms. The van der Waals surface area contributed by atoms with E-state index < -0.39 is 17.7 Å². The second-order valence-corrected chi connectivity index (χ2v) is 12.3. The van der Waals surface area contributed by atoms with Crippen molar-refractivity contribution in [2.45, 2.75) is 25.7 Å². The minimum atomic E-state index is -0.509. The Labute approximate surface area is 275 Å². The van der Waals surface area contributed by atoms with Crippen molar-refractivity contribution >= 4 is 68.8 Å². The predicted octanol–water partition coefficient (Wildman–Crippen LogP) is 3.96. The number of amides is 4. The van der Waals surface area contributed by atoms with Crippen molar-refractivity contribution in [3.63, 3.8) is 0 Å². The quantitative estimate of drug-likeness (QED) is 0.150. The Morgan fingerprint density at radius 3 is 1.85 bits per heavy atom. The molecule has 0 radical (unpaired) electrons. The van der Waals surface area contributed by atoms with E-state index in [0.29, 0.717) is 46.5 Å². The number of anilines is 4. The van der Waals surface area contributed by atoms with Gasteiger partial charge in [-0.15, -0.1) is 0 Å². The van der Waals surface area contributed by atoms with Crippen molar-refractivity contribution in [3.05, 3.63) is 64.6 Å². The summed E-state index contributed by atoms with van der Waals surface area (Å²) in [5.74, 6) is -1.40. The molecular formula is C30H37ClN10O4S. The van der Waals surface area contributed by atoms with Gasteiger partial charge in [0.1, 0.15) is 27.1 Å². The van der Waals surface area contributed by atoms with Gasteiger partial charge in [0.25, 0.3) is 23.6 Å². The summed E-state index contributed by atoms with van der Waals surface area (Å²) in [4.78, 5) is 54.0. The molecule has 1 fully saturated rings. The summed E-state index contributed by atoms with van der Waals surface area (Å²) in [5.41, 5.74) is 7.96. The molecule has 14 nitrogen and oxygen atoms in total. The van der Waals surface area contributed by atoms with E-state index in [4.69, 9.17) is 17.3 Å². The average molecular weight is 669 g/mol. The highest BCUT2D eigenvalue weighted by Crippen LogP contribution is 2.31. The zero-order valence-corrected chi connectivity index (χ0v) is 27.4. The fraction of sp³-hybridized carbons (Fsp3) is 0.367. The Morgan fingerprint density at radius 2 is 1.30 bits per heavy atom. The number of piperidine rings is 1. The first kappa shape index (κ1) is 32.8. The van der Waals surface area contributed by atoms with E-state index in [1.54, 1.807) is 65.6 Å². The van der Waals surface area contributed by atoms with Crippen LogP contribution in [0, 0.1) is 0 Å². The number of nitrogens with one attached hydrogen (secondary N) is 4. The number of halogens is 1. The molecule has 244 valence electrons. The summed E-state index contributed by atoms with van der Waals surface area (Å²) in [6.07, 6.45) is 8.78. The number of aromatic nitrogens is 4. The summed E-state index contributed by atoms with van der Waals surface area (Å²) in [7, 11) is 5.14. The topological polar surface area (TPSA) is 173 Å². The Bertz CT molecular complexity index is 1760. The molecule has 5 rings (SSSR count). The fourth-order valence-corrected chi connectivity index (χ4v) is 6.29. The van der Waals surface area contributed by atoms with Gasteiger partial charge in [0, 0.05) is 59.4 Å². The van der Waals surface area contributed by atoms with Gasteiger partial charge in [0.2, 0.25) is 0 Å². The highest BCUT2D eigenvalue weighted by molar-refractivity contribution is 7.11. The van der Waals surface area contributed by atoms with E-state index in [1.807, 2.05) is 4.90 Å². The van der Waals surface area contributed by atoms with Crippen molar-refractivity contribution in [3.8, 4) is 0 Å². The van der Waals surface area contributed by atoms with Gasteiger partial charge in [-0.05, 0) is 62.0 Å². The van der Waals surface area contributed by atoms with Crippen LogP contribution in [0.3, 0.4) is 0 Å². The lowest BCUT2D eigenvalue weighted by molar-refractivity contribution is 0.0714. The molecule has 1 aliphatic heterocycles. The fourth-order valence-electron chi connectivity index (χ4n) is 5.24. The standard InChI is InChI=1S/C30H37ClN10O4S/c1-38-15-18(12-21(38)27(43)35-20-14-23(40(3)17-20)30(45)41-10-5-4-6-11-41)34-26(42)22-13-19(16-39(22)2)36-28(44)25-24(31)29(46-37-25)33-9-7-8-32/h12-17,33H,4-11,32H2,1-3H3,(H,34,42)(H,35,43)(H,36,44). The first-order valence-corrected chi connectivity index (χ1v) is 16.0. The summed E-state index contributed by atoms with van der Waals surface area (Å²) < 4.78 is 9.04. The number of hydrogen-bond acceptors (Lipinski definition) is 8. The normalized spacial score (nSPS) is 13.0. The van der Waals surface area contributed by atoms with Gasteiger partial charge in [0.05, 0.1) is 17.1 Å². The second-order valence-electron chi connectivity index (χ2n) is 11.1. The number of aryl methyl sites for hydroxylation is 3. The van der Waals surface area contributed by atoms with Crippen LogP contribution in [-0.2, 0) is 21.1 Å². The van der Waals surface area contributed by atoms with Gasteiger partial charge in [-0.3, -0.25) is 19.2 Å². The van der Waals surface area contributed by atoms with Crippen molar-refractivity contribution in [1.29, 1.82) is 0 Å². The number of hydrogen-bond donors (Lipinski definition) is 5. The number of rotatable bonds is 11. The van der Waals surface area contributed by atoms with Crippen LogP contribution in [0.1, 0.15) is 67.6 Å². The third kappa shape index (κ3) is 7.27. The van der Waals surface area contributed by atoms with Crippen LogP contribution in [0.15, 0.2) is 36.8 Å². The lowest BCUT2D eigenvalue weighted by Crippen LogP contribution is -2.36. The largest absolute Gasteiger partial charge is 0.374 e. The van der Waals surface area contributed by atoms with Gasteiger partial charge in [-0.1, -0.05) is 11.6 Å². The maximum Gasteiger partial charge on any atom is 0.277 e. The molecule has 0 bridgehead atoms. The van der Waals surface area contributed by atoms with Gasteiger partial charge >= 0.3 is 0 Å². The molecule has 6 N–H and O–H groups in total. The van der Waals surface area contributed by atoms with Crippen LogP contribution in [0.4, 0.5) is 22.1 Å². The number of nitrogens with two attached hydrogens (primary N) is 1. The number of nitrogens with zero attached hydrogens (tertiary/aromatic N) is 5. The van der Waals surface area contributed by atoms with E-state index in [-0.39, 0.29) is 22.3 Å². The summed E-state index contributed by atoms with van der Waals surface area (Å²) in [6.45, 7) is 2.61. The minimum absolute atomic E-state index is 0.0533. The average Bonchev–Trinajstić information content (AvgIpc) is 3.79. The molecule has 1 aliphatic rings. The molecule has 0 unspecified atom stereocenters. The van der Waals surface area contributed by atoms with Crippen molar-refractivity contribution in [2.75, 3.05) is 47.4 Å². The van der Waals surface area contributed by atoms with Crippen molar-refractivity contribution in [1.82, 2.24) is 23.0 Å². The molecule has 5 heterocycles. The SMILES string of the molecule is Cn1cc(NC(=O)c2nsc(NCCCN)c2Cl)cc1C(=O)Nc1cc(C(=O)Nc2cc(C(=O)N3CCCCC3)n(C)c2)n(C)c1. The molecule has 1 saturated heterocycles. The molecule has 0 aromatic carbocycles. The van der Waals surface area contributed by atoms with Gasteiger partial charge in [0.15, 0.2) is 5.69 Å². The number of likely N-dealkylation sites (tertiary alicyclic amines) is 1.